The van der Waals surface area contributed by atoms with Crippen molar-refractivity contribution in [1.82, 2.24) is 5.32 Å². The number of carbonyl (C=O) groups excluding carboxylic acids is 1. The van der Waals surface area contributed by atoms with Gasteiger partial charge in [0.1, 0.15) is 0 Å². The first kappa shape index (κ1) is 10.5. The number of aliphatic hydroxyl groups excluding tert-OH is 1. The molecule has 0 aliphatic carbocycles. The first-order chi connectivity index (χ1) is 6.34. The van der Waals surface area contributed by atoms with Crippen molar-refractivity contribution >= 4 is 5.91 Å². The molecular weight excluding hydrogens is 170 g/mol. The molecular formula is C9H17NO3. The molecule has 13 heavy (non-hydrogen) atoms. The number of unbranched alkanes of at least 4 members (excludes halogenated alkanes) is 1. The summed E-state index contributed by atoms with van der Waals surface area (Å²) in [6.07, 6.45) is 2.43. The number of aliphatic hydroxyl groups is 1. The van der Waals surface area contributed by atoms with Crippen LogP contribution in [0.5, 0.6) is 0 Å². The van der Waals surface area contributed by atoms with E-state index in [2.05, 4.69) is 5.32 Å². The number of rotatable bonds is 5. The first-order valence-corrected chi connectivity index (χ1v) is 4.81. The van der Waals surface area contributed by atoms with E-state index in [1.807, 2.05) is 0 Å². The highest BCUT2D eigenvalue weighted by atomic mass is 16.5. The van der Waals surface area contributed by atoms with Crippen molar-refractivity contribution in [3.05, 3.63) is 0 Å². The fourth-order valence-electron chi connectivity index (χ4n) is 1.33. The molecule has 2 N–H and O–H groups in total. The Bertz CT molecular complexity index is 155. The van der Waals surface area contributed by atoms with Crippen LogP contribution in [0.1, 0.15) is 19.3 Å². The van der Waals surface area contributed by atoms with Gasteiger partial charge in [-0.3, -0.25) is 4.79 Å². The van der Waals surface area contributed by atoms with Crippen LogP contribution in [0.25, 0.3) is 0 Å². The maximum Gasteiger partial charge on any atom is 0.225 e. The zero-order valence-electron chi connectivity index (χ0n) is 7.79. The average molecular weight is 187 g/mol. The van der Waals surface area contributed by atoms with E-state index in [1.165, 1.54) is 0 Å². The SMILES string of the molecule is O=C(NCCCCO)C1CCOC1. The number of amides is 1. The summed E-state index contributed by atoms with van der Waals surface area (Å²) in [7, 11) is 0. The van der Waals surface area contributed by atoms with E-state index in [0.717, 1.165) is 19.3 Å². The van der Waals surface area contributed by atoms with Crippen LogP contribution in [0.3, 0.4) is 0 Å². The summed E-state index contributed by atoms with van der Waals surface area (Å²) in [5, 5.41) is 11.3. The third kappa shape index (κ3) is 3.74. The quantitative estimate of drug-likeness (QED) is 0.591. The van der Waals surface area contributed by atoms with E-state index in [1.54, 1.807) is 0 Å². The number of nitrogens with one attached hydrogen (secondary N) is 1. The van der Waals surface area contributed by atoms with Crippen molar-refractivity contribution in [2.45, 2.75) is 19.3 Å². The molecule has 76 valence electrons. The van der Waals surface area contributed by atoms with Crippen LogP contribution >= 0.6 is 0 Å². The van der Waals surface area contributed by atoms with Gasteiger partial charge in [0.05, 0.1) is 12.5 Å². The molecule has 1 aliphatic heterocycles. The monoisotopic (exact) mass is 187 g/mol. The minimum Gasteiger partial charge on any atom is -0.396 e. The normalized spacial score (nSPS) is 21.8. The summed E-state index contributed by atoms with van der Waals surface area (Å²) >= 11 is 0. The molecule has 1 saturated heterocycles. The van der Waals surface area contributed by atoms with Crippen molar-refractivity contribution in [1.29, 1.82) is 0 Å². The predicted octanol–water partition coefficient (Wildman–Crippen LogP) is -0.0884. The van der Waals surface area contributed by atoms with Crippen LogP contribution in [-0.2, 0) is 9.53 Å². The van der Waals surface area contributed by atoms with Gasteiger partial charge in [-0.25, -0.2) is 0 Å². The minimum absolute atomic E-state index is 0.0501. The lowest BCUT2D eigenvalue weighted by atomic mass is 10.1. The molecule has 0 saturated carbocycles. The number of hydrogen-bond acceptors (Lipinski definition) is 3. The van der Waals surface area contributed by atoms with Crippen LogP contribution in [0.15, 0.2) is 0 Å². The van der Waals surface area contributed by atoms with Gasteiger partial charge in [0.15, 0.2) is 0 Å². The Morgan fingerprint density at radius 1 is 1.54 bits per heavy atom. The molecule has 1 unspecified atom stereocenters. The van der Waals surface area contributed by atoms with Crippen LogP contribution in [-0.4, -0.2) is 37.4 Å². The minimum atomic E-state index is 0.0501. The maximum absolute atomic E-state index is 11.4. The second kappa shape index (κ2) is 5.94. The standard InChI is InChI=1S/C9H17NO3/c11-5-2-1-4-10-9(12)8-3-6-13-7-8/h8,11H,1-7H2,(H,10,12). The van der Waals surface area contributed by atoms with E-state index in [0.29, 0.717) is 19.8 Å². The van der Waals surface area contributed by atoms with E-state index >= 15 is 0 Å². The summed E-state index contributed by atoms with van der Waals surface area (Å²) in [6.45, 7) is 2.12. The first-order valence-electron chi connectivity index (χ1n) is 4.81. The highest BCUT2D eigenvalue weighted by molar-refractivity contribution is 5.78. The molecule has 0 aromatic rings. The van der Waals surface area contributed by atoms with Crippen molar-refractivity contribution in [3.8, 4) is 0 Å². The lowest BCUT2D eigenvalue weighted by Crippen LogP contribution is -2.31. The van der Waals surface area contributed by atoms with Gasteiger partial charge in [-0.15, -0.1) is 0 Å². The van der Waals surface area contributed by atoms with Crippen LogP contribution in [0.2, 0.25) is 0 Å². The predicted molar refractivity (Wildman–Crippen MR) is 48.3 cm³/mol. The van der Waals surface area contributed by atoms with Gasteiger partial charge in [-0.05, 0) is 19.3 Å². The van der Waals surface area contributed by atoms with Gasteiger partial charge in [-0.2, -0.15) is 0 Å². The van der Waals surface area contributed by atoms with Gasteiger partial charge in [-0.1, -0.05) is 0 Å². The molecule has 1 amide bonds. The lowest BCUT2D eigenvalue weighted by molar-refractivity contribution is -0.124. The average Bonchev–Trinajstić information content (AvgIpc) is 2.65. The van der Waals surface area contributed by atoms with Crippen molar-refractivity contribution in [3.63, 3.8) is 0 Å². The Kier molecular flexibility index (Phi) is 4.78. The number of ether oxygens (including phenoxy) is 1. The summed E-state index contributed by atoms with van der Waals surface area (Å²) in [4.78, 5) is 11.4. The molecule has 0 bridgehead atoms. The molecule has 4 nitrogen and oxygen atoms in total. The Labute approximate surface area is 78.3 Å². The maximum atomic E-state index is 11.4. The topological polar surface area (TPSA) is 58.6 Å². The van der Waals surface area contributed by atoms with E-state index in [4.69, 9.17) is 9.84 Å². The van der Waals surface area contributed by atoms with Crippen molar-refractivity contribution in [2.75, 3.05) is 26.4 Å². The zero-order valence-corrected chi connectivity index (χ0v) is 7.79. The third-order valence-corrected chi connectivity index (χ3v) is 2.18. The lowest BCUT2D eigenvalue weighted by Gasteiger charge is -2.08. The second-order valence-electron chi connectivity index (χ2n) is 3.28. The Morgan fingerprint density at radius 3 is 3.00 bits per heavy atom. The molecule has 0 radical (unpaired) electrons. The molecule has 1 fully saturated rings. The van der Waals surface area contributed by atoms with Gasteiger partial charge in [0.2, 0.25) is 5.91 Å². The van der Waals surface area contributed by atoms with E-state index in [-0.39, 0.29) is 18.4 Å². The van der Waals surface area contributed by atoms with E-state index < -0.39 is 0 Å². The number of hydrogen-bond donors (Lipinski definition) is 2. The molecule has 0 aromatic heterocycles. The Morgan fingerprint density at radius 2 is 2.38 bits per heavy atom. The van der Waals surface area contributed by atoms with Gasteiger partial charge in [0, 0.05) is 19.8 Å². The van der Waals surface area contributed by atoms with Crippen molar-refractivity contribution < 1.29 is 14.6 Å². The molecule has 4 heteroatoms. The Hall–Kier alpha value is -0.610. The molecule has 1 aliphatic rings. The summed E-state index contributed by atoms with van der Waals surface area (Å²) in [5.41, 5.74) is 0. The largest absolute Gasteiger partial charge is 0.396 e. The Balaban J connectivity index is 2.03. The highest BCUT2D eigenvalue weighted by Gasteiger charge is 2.22. The van der Waals surface area contributed by atoms with Gasteiger partial charge in [0.25, 0.3) is 0 Å². The smallest absolute Gasteiger partial charge is 0.225 e. The van der Waals surface area contributed by atoms with Crippen molar-refractivity contribution in [2.24, 2.45) is 5.92 Å². The summed E-state index contributed by atoms with van der Waals surface area (Å²) in [6, 6.07) is 0. The highest BCUT2D eigenvalue weighted by Crippen LogP contribution is 2.11. The zero-order chi connectivity index (χ0) is 9.52. The molecule has 1 rings (SSSR count). The fourth-order valence-corrected chi connectivity index (χ4v) is 1.33. The van der Waals surface area contributed by atoms with Gasteiger partial charge >= 0.3 is 0 Å². The summed E-state index contributed by atoms with van der Waals surface area (Å²) in [5.74, 6) is 0.143. The third-order valence-electron chi connectivity index (χ3n) is 2.18. The van der Waals surface area contributed by atoms with E-state index in [9.17, 15) is 4.79 Å². The van der Waals surface area contributed by atoms with Crippen LogP contribution in [0.4, 0.5) is 0 Å². The fraction of sp³-hybridized carbons (Fsp3) is 0.889. The number of carbonyl (C=O) groups is 1. The molecule has 0 aromatic carbocycles. The van der Waals surface area contributed by atoms with Crippen LogP contribution < -0.4 is 5.32 Å². The summed E-state index contributed by atoms with van der Waals surface area (Å²) < 4.78 is 5.10. The molecule has 1 atom stereocenters. The molecule has 0 spiro atoms. The molecule has 1 heterocycles. The second-order valence-corrected chi connectivity index (χ2v) is 3.28. The van der Waals surface area contributed by atoms with Crippen LogP contribution in [0, 0.1) is 5.92 Å². The van der Waals surface area contributed by atoms with Gasteiger partial charge < -0.3 is 15.2 Å².